The maximum atomic E-state index is 13.1. The van der Waals surface area contributed by atoms with Crippen molar-refractivity contribution in [1.29, 1.82) is 0 Å². The van der Waals surface area contributed by atoms with Crippen LogP contribution < -0.4 is 9.47 Å². The van der Waals surface area contributed by atoms with Crippen LogP contribution in [0.4, 0.5) is 0 Å². The first kappa shape index (κ1) is 25.8. The van der Waals surface area contributed by atoms with Gasteiger partial charge in [0.05, 0.1) is 19.3 Å². The van der Waals surface area contributed by atoms with Crippen LogP contribution in [-0.2, 0) is 4.74 Å². The highest BCUT2D eigenvalue weighted by atomic mass is 16.6. The van der Waals surface area contributed by atoms with Gasteiger partial charge < -0.3 is 19.3 Å². The van der Waals surface area contributed by atoms with Gasteiger partial charge in [-0.1, -0.05) is 36.4 Å². The molecule has 39 heavy (non-hydrogen) atoms. The minimum Gasteiger partial charge on any atom is -0.486 e. The van der Waals surface area contributed by atoms with Crippen LogP contribution in [0, 0.1) is 0 Å². The Morgan fingerprint density at radius 3 is 2.23 bits per heavy atom. The second-order valence-corrected chi connectivity index (χ2v) is 10.3. The van der Waals surface area contributed by atoms with Gasteiger partial charge in [0.15, 0.2) is 17.6 Å². The van der Waals surface area contributed by atoms with Crippen LogP contribution in [0.15, 0.2) is 60.7 Å². The van der Waals surface area contributed by atoms with Gasteiger partial charge >= 0.3 is 0 Å². The number of carbonyl (C=O) groups excluding carboxylic acids is 2. The van der Waals surface area contributed by atoms with Gasteiger partial charge in [0.25, 0.3) is 11.8 Å². The number of hydrogen-bond donors (Lipinski definition) is 1. The fourth-order valence-electron chi connectivity index (χ4n) is 5.55. The molecule has 0 aliphatic carbocycles. The van der Waals surface area contributed by atoms with Crippen molar-refractivity contribution in [3.05, 3.63) is 71.8 Å². The zero-order chi connectivity index (χ0) is 26.8. The number of imide groups is 1. The summed E-state index contributed by atoms with van der Waals surface area (Å²) in [5, 5.41) is 12.2. The molecule has 1 saturated heterocycles. The molecule has 2 atom stereocenters. The van der Waals surface area contributed by atoms with Gasteiger partial charge in [-0.25, -0.2) is 0 Å². The van der Waals surface area contributed by atoms with E-state index in [1.807, 2.05) is 48.5 Å². The highest BCUT2D eigenvalue weighted by Gasteiger charge is 2.33. The Kier molecular flexibility index (Phi) is 7.47. The Labute approximate surface area is 227 Å². The highest BCUT2D eigenvalue weighted by Crippen LogP contribution is 2.31. The number of β-amino-alcohol motifs (C(OH)–C–C–N with tert-alkyl or cyclic N) is 1. The number of amides is 2. The lowest BCUT2D eigenvalue weighted by Crippen LogP contribution is -2.51. The number of benzene rings is 3. The molecule has 0 aromatic heterocycles. The molecule has 3 aliphatic heterocycles. The van der Waals surface area contributed by atoms with Crippen LogP contribution in [0.3, 0.4) is 0 Å². The molecule has 3 aromatic rings. The number of nitrogens with zero attached hydrogens (tertiary/aromatic N) is 3. The van der Waals surface area contributed by atoms with Crippen LogP contribution in [-0.4, -0.2) is 109 Å². The molecule has 3 aromatic carbocycles. The minimum atomic E-state index is -0.597. The van der Waals surface area contributed by atoms with Crippen LogP contribution in [0.2, 0.25) is 0 Å². The molecule has 204 valence electrons. The molecule has 2 amide bonds. The molecule has 6 rings (SSSR count). The Balaban J connectivity index is 0.921. The normalized spacial score (nSPS) is 20.4. The van der Waals surface area contributed by atoms with Gasteiger partial charge in [0.2, 0.25) is 0 Å². The standard InChI is InChI=1S/C30H33N3O6/c34-22(18-37-19-23-20-38-26-9-1-2-10-27(26)39-23)17-32-13-11-31(12-14-32)15-16-33-29(35)24-7-3-5-21-6-4-8-25(28(21)24)30(33)36/h1-10,22-23,34H,11-20H2/t22-,23+/m1/s1. The topological polar surface area (TPSA) is 91.8 Å². The first-order chi connectivity index (χ1) is 19.1. The average molecular weight is 532 g/mol. The molecular weight excluding hydrogens is 498 g/mol. The van der Waals surface area contributed by atoms with Crippen molar-refractivity contribution in [2.45, 2.75) is 12.2 Å². The number of aliphatic hydroxyl groups is 1. The summed E-state index contributed by atoms with van der Waals surface area (Å²) in [6.07, 6.45) is -0.796. The summed E-state index contributed by atoms with van der Waals surface area (Å²) in [6, 6.07) is 18.8. The molecule has 0 radical (unpaired) electrons. The summed E-state index contributed by atoms with van der Waals surface area (Å²) in [5.41, 5.74) is 1.19. The largest absolute Gasteiger partial charge is 0.486 e. The van der Waals surface area contributed by atoms with Gasteiger partial charge in [-0.05, 0) is 29.7 Å². The smallest absolute Gasteiger partial charge is 0.261 e. The van der Waals surface area contributed by atoms with Crippen LogP contribution >= 0.6 is 0 Å². The summed E-state index contributed by atoms with van der Waals surface area (Å²) >= 11 is 0. The molecule has 0 unspecified atom stereocenters. The Morgan fingerprint density at radius 2 is 1.51 bits per heavy atom. The molecular formula is C30H33N3O6. The summed E-state index contributed by atoms with van der Waals surface area (Å²) in [7, 11) is 0. The number of rotatable bonds is 9. The molecule has 3 heterocycles. The first-order valence-corrected chi connectivity index (χ1v) is 13.5. The monoisotopic (exact) mass is 531 g/mol. The molecule has 1 N–H and O–H groups in total. The third kappa shape index (κ3) is 5.49. The highest BCUT2D eigenvalue weighted by molar-refractivity contribution is 6.25. The summed E-state index contributed by atoms with van der Waals surface area (Å²) in [5.74, 6) is 1.01. The second-order valence-electron chi connectivity index (χ2n) is 10.3. The SMILES string of the molecule is O=C1c2cccc3cccc(c23)C(=O)N1CCN1CCN(C[C@@H](O)COC[C@H]2COc3ccccc3O2)CC1. The summed E-state index contributed by atoms with van der Waals surface area (Å²) in [4.78, 5) is 32.1. The third-order valence-corrected chi connectivity index (χ3v) is 7.61. The van der Waals surface area contributed by atoms with E-state index in [1.54, 1.807) is 12.1 Å². The molecule has 3 aliphatic rings. The van der Waals surface area contributed by atoms with Gasteiger partial charge in [-0.2, -0.15) is 0 Å². The maximum absolute atomic E-state index is 13.1. The van der Waals surface area contributed by atoms with Crippen molar-refractivity contribution < 1.29 is 28.9 Å². The Hall–Kier alpha value is -3.50. The van der Waals surface area contributed by atoms with Crippen molar-refractivity contribution in [2.75, 3.05) is 65.6 Å². The quantitative estimate of drug-likeness (QED) is 0.421. The van der Waals surface area contributed by atoms with Crippen molar-refractivity contribution in [3.8, 4) is 11.5 Å². The number of fused-ring (bicyclic) bond motifs is 1. The van der Waals surface area contributed by atoms with Gasteiger partial charge in [0.1, 0.15) is 6.61 Å². The number of piperazine rings is 1. The fraction of sp³-hybridized carbons (Fsp3) is 0.400. The first-order valence-electron chi connectivity index (χ1n) is 13.5. The predicted octanol–water partition coefficient (Wildman–Crippen LogP) is 2.27. The number of carbonyl (C=O) groups is 2. The molecule has 1 fully saturated rings. The number of aliphatic hydroxyl groups excluding tert-OH is 1. The second kappa shape index (κ2) is 11.3. The number of para-hydroxylation sites is 2. The van der Waals surface area contributed by atoms with Gasteiger partial charge in [-0.15, -0.1) is 0 Å². The zero-order valence-corrected chi connectivity index (χ0v) is 21.8. The van der Waals surface area contributed by atoms with E-state index >= 15 is 0 Å². The van der Waals surface area contributed by atoms with Crippen LogP contribution in [0.25, 0.3) is 10.8 Å². The minimum absolute atomic E-state index is 0.198. The van der Waals surface area contributed by atoms with Crippen molar-refractivity contribution in [2.24, 2.45) is 0 Å². The summed E-state index contributed by atoms with van der Waals surface area (Å²) in [6.45, 7) is 5.74. The van der Waals surface area contributed by atoms with Crippen molar-refractivity contribution in [1.82, 2.24) is 14.7 Å². The van der Waals surface area contributed by atoms with E-state index < -0.39 is 6.10 Å². The van der Waals surface area contributed by atoms with Crippen LogP contribution in [0.1, 0.15) is 20.7 Å². The predicted molar refractivity (Wildman–Crippen MR) is 145 cm³/mol. The van der Waals surface area contributed by atoms with Crippen LogP contribution in [0.5, 0.6) is 11.5 Å². The maximum Gasteiger partial charge on any atom is 0.261 e. The van der Waals surface area contributed by atoms with E-state index in [1.165, 1.54) is 4.90 Å². The zero-order valence-electron chi connectivity index (χ0n) is 21.8. The van der Waals surface area contributed by atoms with Crippen molar-refractivity contribution >= 4 is 22.6 Å². The fourth-order valence-corrected chi connectivity index (χ4v) is 5.55. The molecule has 0 spiro atoms. The van der Waals surface area contributed by atoms with Crippen molar-refractivity contribution in [3.63, 3.8) is 0 Å². The van der Waals surface area contributed by atoms with E-state index in [9.17, 15) is 14.7 Å². The summed E-state index contributed by atoms with van der Waals surface area (Å²) < 4.78 is 17.3. The van der Waals surface area contributed by atoms with E-state index in [0.717, 1.165) is 42.7 Å². The molecule has 9 nitrogen and oxygen atoms in total. The third-order valence-electron chi connectivity index (χ3n) is 7.61. The number of hydrogen-bond acceptors (Lipinski definition) is 8. The molecule has 0 saturated carbocycles. The number of ether oxygens (including phenoxy) is 3. The van der Waals surface area contributed by atoms with E-state index in [-0.39, 0.29) is 24.5 Å². The van der Waals surface area contributed by atoms with Gasteiger partial charge in [0, 0.05) is 62.3 Å². The lowest BCUT2D eigenvalue weighted by atomic mass is 9.94. The molecule has 9 heteroatoms. The van der Waals surface area contributed by atoms with E-state index in [2.05, 4.69) is 9.80 Å². The lowest BCUT2D eigenvalue weighted by Gasteiger charge is -2.36. The van der Waals surface area contributed by atoms with E-state index in [0.29, 0.717) is 49.7 Å². The molecule has 0 bridgehead atoms. The average Bonchev–Trinajstić information content (AvgIpc) is 2.96. The Bertz CT molecular complexity index is 1300. The van der Waals surface area contributed by atoms with Gasteiger partial charge in [-0.3, -0.25) is 24.3 Å². The lowest BCUT2D eigenvalue weighted by molar-refractivity contribution is -0.0321. The van der Waals surface area contributed by atoms with E-state index in [4.69, 9.17) is 14.2 Å². The Morgan fingerprint density at radius 1 is 0.846 bits per heavy atom.